The maximum absolute atomic E-state index is 10.5. The highest BCUT2D eigenvalue weighted by atomic mass is 16.5. The molecule has 0 spiro atoms. The number of aryl methyl sites for hydroxylation is 1. The Morgan fingerprint density at radius 3 is 3.00 bits per heavy atom. The molecule has 6 heteroatoms. The normalized spacial score (nSPS) is 10.6. The fourth-order valence-electron chi connectivity index (χ4n) is 1.43. The average molecular weight is 221 g/mol. The summed E-state index contributed by atoms with van der Waals surface area (Å²) in [6.45, 7) is 1.72. The zero-order chi connectivity index (χ0) is 11.7. The van der Waals surface area contributed by atoms with Crippen LogP contribution < -0.4 is 4.90 Å². The van der Waals surface area contributed by atoms with E-state index in [0.29, 0.717) is 11.5 Å². The zero-order valence-corrected chi connectivity index (χ0v) is 8.97. The maximum atomic E-state index is 10.5. The van der Waals surface area contributed by atoms with Gasteiger partial charge < -0.3 is 14.5 Å². The Labute approximate surface area is 91.5 Å². The van der Waals surface area contributed by atoms with Crippen LogP contribution in [-0.2, 0) is 4.79 Å². The molecule has 84 valence electrons. The first-order valence-corrected chi connectivity index (χ1v) is 4.74. The number of carboxylic acids is 1. The van der Waals surface area contributed by atoms with Gasteiger partial charge in [-0.05, 0) is 19.1 Å². The average Bonchev–Trinajstić information content (AvgIpc) is 2.59. The van der Waals surface area contributed by atoms with Gasteiger partial charge in [-0.25, -0.2) is 0 Å². The number of pyridine rings is 1. The largest absolute Gasteiger partial charge is 0.480 e. The van der Waals surface area contributed by atoms with Gasteiger partial charge in [0.1, 0.15) is 12.4 Å². The molecule has 6 nitrogen and oxygen atoms in total. The Hall–Kier alpha value is -2.11. The number of rotatable bonds is 3. The monoisotopic (exact) mass is 221 g/mol. The fourth-order valence-corrected chi connectivity index (χ4v) is 1.43. The summed E-state index contributed by atoms with van der Waals surface area (Å²) < 4.78 is 5.01. The molecule has 0 aliphatic heterocycles. The third-order valence-corrected chi connectivity index (χ3v) is 2.27. The molecule has 0 bridgehead atoms. The maximum Gasteiger partial charge on any atom is 0.323 e. The Morgan fingerprint density at radius 2 is 2.31 bits per heavy atom. The molecule has 2 rings (SSSR count). The first kappa shape index (κ1) is 10.4. The quantitative estimate of drug-likeness (QED) is 0.834. The molecule has 0 saturated heterocycles. The molecule has 0 fully saturated rings. The van der Waals surface area contributed by atoms with E-state index in [0.717, 1.165) is 11.1 Å². The van der Waals surface area contributed by atoms with E-state index < -0.39 is 5.97 Å². The number of anilines is 1. The van der Waals surface area contributed by atoms with Crippen molar-refractivity contribution in [3.63, 3.8) is 0 Å². The van der Waals surface area contributed by atoms with E-state index in [1.165, 1.54) is 4.90 Å². The smallest absolute Gasteiger partial charge is 0.323 e. The van der Waals surface area contributed by atoms with Crippen molar-refractivity contribution in [3.8, 4) is 0 Å². The lowest BCUT2D eigenvalue weighted by molar-refractivity contribution is -0.135. The summed E-state index contributed by atoms with van der Waals surface area (Å²) in [6.07, 6.45) is 0. The molecular weight excluding hydrogens is 210 g/mol. The van der Waals surface area contributed by atoms with Crippen molar-refractivity contribution in [3.05, 3.63) is 17.8 Å². The van der Waals surface area contributed by atoms with Crippen LogP contribution in [0.4, 0.5) is 5.82 Å². The van der Waals surface area contributed by atoms with Crippen LogP contribution in [0.25, 0.3) is 11.1 Å². The number of carbonyl (C=O) groups is 1. The Bertz CT molecular complexity index is 535. The molecule has 2 aromatic rings. The molecule has 0 aliphatic carbocycles. The molecule has 0 aliphatic rings. The number of aromatic nitrogens is 2. The van der Waals surface area contributed by atoms with Crippen LogP contribution in [0.5, 0.6) is 0 Å². The summed E-state index contributed by atoms with van der Waals surface area (Å²) in [4.78, 5) is 16.3. The molecule has 2 heterocycles. The summed E-state index contributed by atoms with van der Waals surface area (Å²) in [5.41, 5.74) is 1.20. The minimum atomic E-state index is -0.904. The fraction of sp³-hybridized carbons (Fsp3) is 0.300. The van der Waals surface area contributed by atoms with E-state index in [9.17, 15) is 4.79 Å². The zero-order valence-electron chi connectivity index (χ0n) is 8.97. The van der Waals surface area contributed by atoms with Gasteiger partial charge in [-0.1, -0.05) is 5.16 Å². The van der Waals surface area contributed by atoms with Crippen molar-refractivity contribution in [1.29, 1.82) is 0 Å². The minimum Gasteiger partial charge on any atom is -0.480 e. The van der Waals surface area contributed by atoms with E-state index >= 15 is 0 Å². The number of fused-ring (bicyclic) bond motifs is 1. The van der Waals surface area contributed by atoms with Crippen LogP contribution in [0.15, 0.2) is 16.7 Å². The van der Waals surface area contributed by atoms with E-state index in [2.05, 4.69) is 10.1 Å². The van der Waals surface area contributed by atoms with Crippen LogP contribution >= 0.6 is 0 Å². The third-order valence-electron chi connectivity index (χ3n) is 2.27. The SMILES string of the molecule is Cc1noc2nc(N(C)CC(=O)O)ccc12. The van der Waals surface area contributed by atoms with Crippen molar-refractivity contribution in [2.75, 3.05) is 18.5 Å². The van der Waals surface area contributed by atoms with Crippen molar-refractivity contribution in [2.24, 2.45) is 0 Å². The van der Waals surface area contributed by atoms with Gasteiger partial charge in [-0.15, -0.1) is 0 Å². The van der Waals surface area contributed by atoms with Gasteiger partial charge in [0.15, 0.2) is 0 Å². The van der Waals surface area contributed by atoms with Crippen molar-refractivity contribution in [2.45, 2.75) is 6.92 Å². The summed E-state index contributed by atoms with van der Waals surface area (Å²) in [5.74, 6) is -0.357. The molecule has 0 saturated carbocycles. The second-order valence-electron chi connectivity index (χ2n) is 3.54. The lowest BCUT2D eigenvalue weighted by Crippen LogP contribution is -2.25. The third kappa shape index (κ3) is 1.81. The number of nitrogens with zero attached hydrogens (tertiary/aromatic N) is 3. The summed E-state index contributed by atoms with van der Waals surface area (Å²) in [7, 11) is 1.66. The first-order valence-electron chi connectivity index (χ1n) is 4.74. The second-order valence-corrected chi connectivity index (χ2v) is 3.54. The predicted molar refractivity (Wildman–Crippen MR) is 57.4 cm³/mol. The molecule has 2 aromatic heterocycles. The van der Waals surface area contributed by atoms with Gasteiger partial charge in [-0.2, -0.15) is 4.98 Å². The van der Waals surface area contributed by atoms with Crippen molar-refractivity contribution < 1.29 is 14.4 Å². The highest BCUT2D eigenvalue weighted by Gasteiger charge is 2.10. The van der Waals surface area contributed by atoms with E-state index in [4.69, 9.17) is 9.63 Å². The molecular formula is C10H11N3O3. The number of aliphatic carboxylic acids is 1. The van der Waals surface area contributed by atoms with Gasteiger partial charge in [-0.3, -0.25) is 4.79 Å². The summed E-state index contributed by atoms with van der Waals surface area (Å²) in [6, 6.07) is 3.57. The summed E-state index contributed by atoms with van der Waals surface area (Å²) >= 11 is 0. The van der Waals surface area contributed by atoms with Crippen molar-refractivity contribution >= 4 is 22.9 Å². The highest BCUT2D eigenvalue weighted by molar-refractivity contribution is 5.78. The van der Waals surface area contributed by atoms with E-state index in [1.54, 1.807) is 13.1 Å². The lowest BCUT2D eigenvalue weighted by Gasteiger charge is -2.14. The number of likely N-dealkylation sites (N-methyl/N-ethyl adjacent to an activating group) is 1. The topological polar surface area (TPSA) is 79.5 Å². The van der Waals surface area contributed by atoms with E-state index in [1.807, 2.05) is 13.0 Å². The number of carboxylic acid groups (broad SMARTS) is 1. The number of hydrogen-bond acceptors (Lipinski definition) is 5. The molecule has 1 N–H and O–H groups in total. The molecule has 0 atom stereocenters. The van der Waals surface area contributed by atoms with E-state index in [-0.39, 0.29) is 6.54 Å². The van der Waals surface area contributed by atoms with Crippen molar-refractivity contribution in [1.82, 2.24) is 10.1 Å². The Morgan fingerprint density at radius 1 is 1.56 bits per heavy atom. The van der Waals surface area contributed by atoms with Gasteiger partial charge in [0.25, 0.3) is 5.71 Å². The van der Waals surface area contributed by atoms with Crippen LogP contribution in [0.1, 0.15) is 5.69 Å². The van der Waals surface area contributed by atoms with Crippen LogP contribution in [-0.4, -0.2) is 34.8 Å². The van der Waals surface area contributed by atoms with Gasteiger partial charge in [0.05, 0.1) is 11.1 Å². The standard InChI is InChI=1S/C10H11N3O3/c1-6-7-3-4-8(11-10(7)16-12-6)13(2)5-9(14)15/h3-4H,5H2,1-2H3,(H,14,15). The second kappa shape index (κ2) is 3.80. The van der Waals surface area contributed by atoms with Gasteiger partial charge >= 0.3 is 5.97 Å². The van der Waals surface area contributed by atoms with Gasteiger partial charge in [0.2, 0.25) is 0 Å². The van der Waals surface area contributed by atoms with Crippen LogP contribution in [0.2, 0.25) is 0 Å². The minimum absolute atomic E-state index is 0.106. The highest BCUT2D eigenvalue weighted by Crippen LogP contribution is 2.19. The first-order chi connectivity index (χ1) is 7.58. The predicted octanol–water partition coefficient (Wildman–Crippen LogP) is 1.05. The van der Waals surface area contributed by atoms with Crippen LogP contribution in [0, 0.1) is 6.92 Å². The van der Waals surface area contributed by atoms with Gasteiger partial charge in [0, 0.05) is 7.05 Å². The summed E-state index contributed by atoms with van der Waals surface area (Å²) in [5, 5.41) is 13.3. The Kier molecular flexibility index (Phi) is 2.47. The number of hydrogen-bond donors (Lipinski definition) is 1. The Balaban J connectivity index is 2.35. The molecule has 0 amide bonds. The molecule has 0 aromatic carbocycles. The molecule has 0 unspecified atom stereocenters. The molecule has 0 radical (unpaired) electrons. The molecule has 16 heavy (non-hydrogen) atoms. The van der Waals surface area contributed by atoms with Crippen LogP contribution in [0.3, 0.4) is 0 Å². The lowest BCUT2D eigenvalue weighted by atomic mass is 10.3.